The number of nitrogens with two attached hydrogens (primary N) is 1. The lowest BCUT2D eigenvalue weighted by atomic mass is 9.99. The Morgan fingerprint density at radius 2 is 1.56 bits per heavy atom. The van der Waals surface area contributed by atoms with E-state index in [1.807, 2.05) is 92.7 Å². The van der Waals surface area contributed by atoms with Gasteiger partial charge in [-0.15, -0.1) is 11.3 Å². The van der Waals surface area contributed by atoms with Crippen LogP contribution in [0.15, 0.2) is 78.9 Å². The van der Waals surface area contributed by atoms with Crippen molar-refractivity contribution in [2.45, 2.75) is 13.8 Å². The number of carbonyl (C=O) groups excluding carboxylic acids is 1. The molecule has 0 atom stereocenters. The molecule has 0 aliphatic carbocycles. The summed E-state index contributed by atoms with van der Waals surface area (Å²) in [6.45, 7) is 4.00. The highest BCUT2D eigenvalue weighted by atomic mass is 32.1. The predicted octanol–water partition coefficient (Wildman–Crippen LogP) is 7.03. The van der Waals surface area contributed by atoms with Crippen molar-refractivity contribution >= 4 is 49.7 Å². The number of benzene rings is 3. The van der Waals surface area contributed by atoms with Crippen LogP contribution in [-0.4, -0.2) is 10.9 Å². The molecule has 5 aromatic rings. The lowest BCUT2D eigenvalue weighted by Crippen LogP contribution is -2.13. The van der Waals surface area contributed by atoms with Gasteiger partial charge in [0.25, 0.3) is 5.91 Å². The van der Waals surface area contributed by atoms with E-state index in [9.17, 15) is 10.1 Å². The fourth-order valence-corrected chi connectivity index (χ4v) is 5.24. The fourth-order valence-electron chi connectivity index (χ4n) is 4.01. The molecule has 0 saturated carbocycles. The first kappa shape index (κ1) is 23.1. The summed E-state index contributed by atoms with van der Waals surface area (Å²) < 4.78 is 0.720. The molecule has 5 rings (SSSR count). The summed E-state index contributed by atoms with van der Waals surface area (Å²) in [5.41, 5.74) is 12.6. The Morgan fingerprint density at radius 1 is 0.917 bits per heavy atom. The van der Waals surface area contributed by atoms with Crippen LogP contribution in [0.5, 0.6) is 0 Å². The average Bonchev–Trinajstić information content (AvgIpc) is 3.23. The second-order valence-corrected chi connectivity index (χ2v) is 9.54. The van der Waals surface area contributed by atoms with Gasteiger partial charge in [0.15, 0.2) is 0 Å². The first-order chi connectivity index (χ1) is 17.4. The molecule has 2 heterocycles. The van der Waals surface area contributed by atoms with Gasteiger partial charge in [0.05, 0.1) is 10.2 Å². The van der Waals surface area contributed by atoms with Crippen LogP contribution in [-0.2, 0) is 0 Å². The molecular formula is C29H23N5OS. The molecule has 6 nitrogen and oxygen atoms in total. The zero-order valence-corrected chi connectivity index (χ0v) is 20.6. The van der Waals surface area contributed by atoms with Crippen molar-refractivity contribution < 1.29 is 4.79 Å². The molecule has 1 amide bonds. The van der Waals surface area contributed by atoms with Crippen LogP contribution in [0.25, 0.3) is 21.3 Å². The van der Waals surface area contributed by atoms with Gasteiger partial charge in [-0.3, -0.25) is 4.79 Å². The molecule has 2 aromatic heterocycles. The highest BCUT2D eigenvalue weighted by Crippen LogP contribution is 2.44. The maximum absolute atomic E-state index is 13.7. The minimum absolute atomic E-state index is 0.0917. The molecule has 0 aliphatic rings. The van der Waals surface area contributed by atoms with Gasteiger partial charge in [0.2, 0.25) is 0 Å². The molecule has 0 radical (unpaired) electrons. The van der Waals surface area contributed by atoms with Crippen LogP contribution in [0.2, 0.25) is 0 Å². The third kappa shape index (κ3) is 4.38. The highest BCUT2D eigenvalue weighted by Gasteiger charge is 2.26. The van der Waals surface area contributed by atoms with Crippen molar-refractivity contribution in [2.24, 2.45) is 0 Å². The van der Waals surface area contributed by atoms with Crippen LogP contribution in [0.1, 0.15) is 27.0 Å². The van der Waals surface area contributed by atoms with Crippen LogP contribution in [0, 0.1) is 25.2 Å². The standard InChI is InChI=1S/C29H23N5OS/c1-17-8-12-19(13-9-17)23-22(16-30)27(31)34-25-24(28(35)32-21-14-10-18(2)11-15-21)29(36-26(23)25)33-20-6-4-3-5-7-20/h3-15,33H,1-2H3,(H2,31,34)(H,32,35). The number of anilines is 4. The molecular weight excluding hydrogens is 466 g/mol. The number of aromatic nitrogens is 1. The molecule has 0 aliphatic heterocycles. The molecule has 0 bridgehead atoms. The molecule has 0 unspecified atom stereocenters. The number of fused-ring (bicyclic) bond motifs is 1. The van der Waals surface area contributed by atoms with Gasteiger partial charge in [-0.25, -0.2) is 4.98 Å². The van der Waals surface area contributed by atoms with Gasteiger partial charge >= 0.3 is 0 Å². The topological polar surface area (TPSA) is 104 Å². The van der Waals surface area contributed by atoms with Crippen molar-refractivity contribution in [3.8, 4) is 17.2 Å². The van der Waals surface area contributed by atoms with E-state index in [-0.39, 0.29) is 11.7 Å². The number of nitrogen functional groups attached to an aromatic ring is 1. The van der Waals surface area contributed by atoms with E-state index in [0.29, 0.717) is 32.9 Å². The van der Waals surface area contributed by atoms with Gasteiger partial charge in [-0.1, -0.05) is 65.7 Å². The van der Waals surface area contributed by atoms with Crippen LogP contribution < -0.4 is 16.4 Å². The fraction of sp³-hybridized carbons (Fsp3) is 0.0690. The van der Waals surface area contributed by atoms with Gasteiger partial charge < -0.3 is 16.4 Å². The average molecular weight is 490 g/mol. The first-order valence-electron chi connectivity index (χ1n) is 11.4. The largest absolute Gasteiger partial charge is 0.383 e. The Hall–Kier alpha value is -4.67. The van der Waals surface area contributed by atoms with Crippen LogP contribution in [0.3, 0.4) is 0 Å². The van der Waals surface area contributed by atoms with E-state index in [1.54, 1.807) is 0 Å². The first-order valence-corrected chi connectivity index (χ1v) is 12.2. The number of amides is 1. The highest BCUT2D eigenvalue weighted by molar-refractivity contribution is 7.24. The van der Waals surface area contributed by atoms with E-state index in [2.05, 4.69) is 21.7 Å². The predicted molar refractivity (Wildman–Crippen MR) is 148 cm³/mol. The van der Waals surface area contributed by atoms with Crippen molar-refractivity contribution in [3.05, 3.63) is 101 Å². The smallest absolute Gasteiger partial charge is 0.260 e. The summed E-state index contributed by atoms with van der Waals surface area (Å²) in [5.74, 6) is -0.219. The summed E-state index contributed by atoms with van der Waals surface area (Å²) in [4.78, 5) is 18.2. The maximum atomic E-state index is 13.7. The van der Waals surface area contributed by atoms with Crippen molar-refractivity contribution in [1.82, 2.24) is 4.98 Å². The minimum atomic E-state index is -0.310. The number of hydrogen-bond acceptors (Lipinski definition) is 6. The summed E-state index contributed by atoms with van der Waals surface area (Å²) >= 11 is 1.38. The van der Waals surface area contributed by atoms with Gasteiger partial charge in [0, 0.05) is 16.9 Å². The molecule has 7 heteroatoms. The van der Waals surface area contributed by atoms with E-state index < -0.39 is 0 Å². The Morgan fingerprint density at radius 3 is 2.19 bits per heavy atom. The summed E-state index contributed by atoms with van der Waals surface area (Å²) in [5, 5.41) is 16.9. The van der Waals surface area contributed by atoms with Gasteiger partial charge in [-0.2, -0.15) is 5.26 Å². The molecule has 0 saturated heterocycles. The molecule has 0 spiro atoms. The third-order valence-corrected chi connectivity index (χ3v) is 6.98. The number of nitrogens with zero attached hydrogens (tertiary/aromatic N) is 2. The quantitative estimate of drug-likeness (QED) is 0.246. The number of carbonyl (C=O) groups is 1. The second kappa shape index (κ2) is 9.53. The number of pyridine rings is 1. The van der Waals surface area contributed by atoms with E-state index in [0.717, 1.165) is 27.1 Å². The van der Waals surface area contributed by atoms with Crippen molar-refractivity contribution in [1.29, 1.82) is 5.26 Å². The van der Waals surface area contributed by atoms with Gasteiger partial charge in [-0.05, 0) is 43.7 Å². The van der Waals surface area contributed by atoms with Crippen molar-refractivity contribution in [3.63, 3.8) is 0 Å². The Balaban J connectivity index is 1.74. The molecule has 4 N–H and O–H groups in total. The Bertz CT molecular complexity index is 1620. The molecule has 0 fully saturated rings. The number of rotatable bonds is 5. The van der Waals surface area contributed by atoms with E-state index >= 15 is 0 Å². The second-order valence-electron chi connectivity index (χ2n) is 8.52. The summed E-state index contributed by atoms with van der Waals surface area (Å²) in [6, 6.07) is 27.3. The minimum Gasteiger partial charge on any atom is -0.383 e. The van der Waals surface area contributed by atoms with E-state index in [4.69, 9.17) is 5.73 Å². The maximum Gasteiger partial charge on any atom is 0.260 e. The number of nitriles is 1. The molecule has 176 valence electrons. The zero-order valence-electron chi connectivity index (χ0n) is 19.8. The van der Waals surface area contributed by atoms with E-state index in [1.165, 1.54) is 11.3 Å². The van der Waals surface area contributed by atoms with Crippen LogP contribution in [0.4, 0.5) is 22.2 Å². The molecule has 36 heavy (non-hydrogen) atoms. The third-order valence-electron chi connectivity index (χ3n) is 5.87. The monoisotopic (exact) mass is 489 g/mol. The lowest BCUT2D eigenvalue weighted by Gasteiger charge is -2.10. The van der Waals surface area contributed by atoms with Crippen molar-refractivity contribution in [2.75, 3.05) is 16.4 Å². The SMILES string of the molecule is Cc1ccc(NC(=O)c2c(Nc3ccccc3)sc3c(-c4ccc(C)cc4)c(C#N)c(N)nc23)cc1. The zero-order chi connectivity index (χ0) is 25.2. The Labute approximate surface area is 213 Å². The number of hydrogen-bond donors (Lipinski definition) is 3. The van der Waals surface area contributed by atoms with Crippen LogP contribution >= 0.6 is 11.3 Å². The van der Waals surface area contributed by atoms with Gasteiger partial charge in [0.1, 0.15) is 28.0 Å². The summed E-state index contributed by atoms with van der Waals surface area (Å²) in [7, 11) is 0. The normalized spacial score (nSPS) is 10.7. The molecule has 3 aromatic carbocycles. The number of thiophene rings is 1. The number of para-hydroxylation sites is 1. The number of aryl methyl sites for hydroxylation is 2. The Kier molecular flexibility index (Phi) is 6.11. The number of nitrogens with one attached hydrogen (secondary N) is 2. The summed E-state index contributed by atoms with van der Waals surface area (Å²) in [6.07, 6.45) is 0. The lowest BCUT2D eigenvalue weighted by molar-refractivity contribution is 0.102.